The topological polar surface area (TPSA) is 50.4 Å². The summed E-state index contributed by atoms with van der Waals surface area (Å²) in [7, 11) is 0. The van der Waals surface area contributed by atoms with Crippen LogP contribution in [0.25, 0.3) is 0 Å². The predicted octanol–water partition coefficient (Wildman–Crippen LogP) is 2.10. The molecule has 19 heavy (non-hydrogen) atoms. The summed E-state index contributed by atoms with van der Waals surface area (Å²) in [5.41, 5.74) is 0. The average Bonchev–Trinajstić information content (AvgIpc) is 2.32. The molecule has 104 valence electrons. The van der Waals surface area contributed by atoms with E-state index in [0.717, 1.165) is 19.6 Å². The van der Waals surface area contributed by atoms with E-state index in [0.29, 0.717) is 28.1 Å². The van der Waals surface area contributed by atoms with Gasteiger partial charge in [0, 0.05) is 25.6 Å². The zero-order chi connectivity index (χ0) is 13.7. The van der Waals surface area contributed by atoms with E-state index in [1.54, 1.807) is 18.2 Å². The van der Waals surface area contributed by atoms with Crippen molar-refractivity contribution >= 4 is 29.1 Å². The lowest BCUT2D eigenvalue weighted by Gasteiger charge is -2.27. The molecule has 1 fully saturated rings. The Morgan fingerprint density at radius 2 is 2.21 bits per heavy atom. The fraction of sp³-hybridized carbons (Fsp3) is 0.462. The van der Waals surface area contributed by atoms with Crippen LogP contribution in [0.4, 0.5) is 0 Å². The highest BCUT2D eigenvalue weighted by Crippen LogP contribution is 2.31. The SMILES string of the molecule is O=C(CCOc1cccc(Cl)c1Cl)NCC1CNC1. The van der Waals surface area contributed by atoms with E-state index in [2.05, 4.69) is 10.6 Å². The van der Waals surface area contributed by atoms with Gasteiger partial charge in [0.05, 0.1) is 18.1 Å². The Kier molecular flexibility index (Phi) is 5.31. The normalized spacial score (nSPS) is 14.8. The molecule has 1 aromatic carbocycles. The first-order valence-electron chi connectivity index (χ1n) is 6.21. The van der Waals surface area contributed by atoms with Crippen LogP contribution in [-0.4, -0.2) is 32.1 Å². The van der Waals surface area contributed by atoms with Crippen molar-refractivity contribution in [2.75, 3.05) is 26.2 Å². The second-order valence-electron chi connectivity index (χ2n) is 4.48. The van der Waals surface area contributed by atoms with E-state index in [4.69, 9.17) is 27.9 Å². The van der Waals surface area contributed by atoms with Gasteiger partial charge in [-0.1, -0.05) is 29.3 Å². The average molecular weight is 303 g/mol. The maximum absolute atomic E-state index is 11.6. The number of ether oxygens (including phenoxy) is 1. The first-order valence-corrected chi connectivity index (χ1v) is 6.96. The molecule has 1 aliphatic rings. The molecule has 4 nitrogen and oxygen atoms in total. The maximum Gasteiger partial charge on any atom is 0.223 e. The summed E-state index contributed by atoms with van der Waals surface area (Å²) in [6.45, 7) is 2.97. The summed E-state index contributed by atoms with van der Waals surface area (Å²) in [4.78, 5) is 11.6. The second kappa shape index (κ2) is 6.98. The number of benzene rings is 1. The third-order valence-electron chi connectivity index (χ3n) is 2.96. The van der Waals surface area contributed by atoms with Crippen molar-refractivity contribution in [2.45, 2.75) is 6.42 Å². The molecule has 0 saturated carbocycles. The van der Waals surface area contributed by atoms with Gasteiger partial charge >= 0.3 is 0 Å². The van der Waals surface area contributed by atoms with Crippen LogP contribution < -0.4 is 15.4 Å². The van der Waals surface area contributed by atoms with Crippen molar-refractivity contribution in [1.29, 1.82) is 0 Å². The van der Waals surface area contributed by atoms with E-state index in [9.17, 15) is 4.79 Å². The van der Waals surface area contributed by atoms with Gasteiger partial charge in [0.25, 0.3) is 0 Å². The zero-order valence-electron chi connectivity index (χ0n) is 10.4. The molecule has 1 aliphatic heterocycles. The zero-order valence-corrected chi connectivity index (χ0v) is 11.9. The molecule has 1 saturated heterocycles. The molecule has 2 N–H and O–H groups in total. The molecule has 0 unspecified atom stereocenters. The number of halogens is 2. The molecule has 0 spiro atoms. The minimum atomic E-state index is -0.00921. The maximum atomic E-state index is 11.6. The molecular formula is C13H16Cl2N2O2. The van der Waals surface area contributed by atoms with Gasteiger partial charge in [-0.05, 0) is 12.1 Å². The second-order valence-corrected chi connectivity index (χ2v) is 5.26. The van der Waals surface area contributed by atoms with Crippen LogP contribution in [-0.2, 0) is 4.79 Å². The van der Waals surface area contributed by atoms with Crippen LogP contribution in [0.2, 0.25) is 10.0 Å². The molecule has 0 aromatic heterocycles. The number of nitrogens with one attached hydrogen (secondary N) is 2. The Morgan fingerprint density at radius 3 is 2.89 bits per heavy atom. The summed E-state index contributed by atoms with van der Waals surface area (Å²) in [6.07, 6.45) is 0.309. The minimum Gasteiger partial charge on any atom is -0.491 e. The van der Waals surface area contributed by atoms with Crippen molar-refractivity contribution in [1.82, 2.24) is 10.6 Å². The van der Waals surface area contributed by atoms with Crippen LogP contribution in [0.3, 0.4) is 0 Å². The van der Waals surface area contributed by atoms with E-state index < -0.39 is 0 Å². The summed E-state index contributed by atoms with van der Waals surface area (Å²) < 4.78 is 5.45. The number of carbonyl (C=O) groups excluding carboxylic acids is 1. The summed E-state index contributed by atoms with van der Waals surface area (Å²) in [6, 6.07) is 5.18. The van der Waals surface area contributed by atoms with E-state index in [-0.39, 0.29) is 12.5 Å². The van der Waals surface area contributed by atoms with Crippen LogP contribution in [0.15, 0.2) is 18.2 Å². The fourth-order valence-electron chi connectivity index (χ4n) is 1.69. The molecule has 1 aromatic rings. The molecule has 2 rings (SSSR count). The van der Waals surface area contributed by atoms with Crippen LogP contribution in [0.5, 0.6) is 5.75 Å². The van der Waals surface area contributed by atoms with Crippen molar-refractivity contribution < 1.29 is 9.53 Å². The number of rotatable bonds is 6. The van der Waals surface area contributed by atoms with Gasteiger partial charge in [-0.25, -0.2) is 0 Å². The lowest BCUT2D eigenvalue weighted by molar-refractivity contribution is -0.121. The number of hydrogen-bond donors (Lipinski definition) is 2. The van der Waals surface area contributed by atoms with Crippen molar-refractivity contribution in [2.24, 2.45) is 5.92 Å². The Hall–Kier alpha value is -0.970. The van der Waals surface area contributed by atoms with Crippen LogP contribution in [0, 0.1) is 5.92 Å². The minimum absolute atomic E-state index is 0.00921. The Morgan fingerprint density at radius 1 is 1.42 bits per heavy atom. The fourth-order valence-corrected chi connectivity index (χ4v) is 2.03. The van der Waals surface area contributed by atoms with Crippen LogP contribution >= 0.6 is 23.2 Å². The molecule has 1 amide bonds. The highest BCUT2D eigenvalue weighted by atomic mass is 35.5. The van der Waals surface area contributed by atoms with Crippen molar-refractivity contribution in [3.05, 3.63) is 28.2 Å². The van der Waals surface area contributed by atoms with E-state index in [1.807, 2.05) is 0 Å². The number of hydrogen-bond acceptors (Lipinski definition) is 3. The van der Waals surface area contributed by atoms with Crippen molar-refractivity contribution in [3.63, 3.8) is 0 Å². The van der Waals surface area contributed by atoms with Gasteiger partial charge in [0.15, 0.2) is 0 Å². The predicted molar refractivity (Wildman–Crippen MR) is 75.9 cm³/mol. The summed E-state index contributed by atoms with van der Waals surface area (Å²) >= 11 is 11.8. The van der Waals surface area contributed by atoms with Gasteiger partial charge < -0.3 is 15.4 Å². The Bertz CT molecular complexity index is 450. The third kappa shape index (κ3) is 4.27. The van der Waals surface area contributed by atoms with Gasteiger partial charge in [-0.2, -0.15) is 0 Å². The van der Waals surface area contributed by atoms with E-state index >= 15 is 0 Å². The highest BCUT2D eigenvalue weighted by Gasteiger charge is 2.17. The first kappa shape index (κ1) is 14.4. The standard InChI is InChI=1S/C13H16Cl2N2O2/c14-10-2-1-3-11(13(10)15)19-5-4-12(18)17-8-9-6-16-7-9/h1-3,9,16H,4-8H2,(H,17,18). The highest BCUT2D eigenvalue weighted by molar-refractivity contribution is 6.42. The van der Waals surface area contributed by atoms with Crippen LogP contribution in [0.1, 0.15) is 6.42 Å². The smallest absolute Gasteiger partial charge is 0.223 e. The third-order valence-corrected chi connectivity index (χ3v) is 3.76. The first-order chi connectivity index (χ1) is 9.16. The lowest BCUT2D eigenvalue weighted by Crippen LogP contribution is -2.48. The monoisotopic (exact) mass is 302 g/mol. The Labute approximate surface area is 122 Å². The van der Waals surface area contributed by atoms with Gasteiger partial charge in [-0.15, -0.1) is 0 Å². The number of amides is 1. The molecular weight excluding hydrogens is 287 g/mol. The lowest BCUT2D eigenvalue weighted by atomic mass is 10.0. The van der Waals surface area contributed by atoms with Gasteiger partial charge in [-0.3, -0.25) is 4.79 Å². The van der Waals surface area contributed by atoms with E-state index in [1.165, 1.54) is 0 Å². The van der Waals surface area contributed by atoms with Gasteiger partial charge in [0.2, 0.25) is 5.91 Å². The number of carbonyl (C=O) groups is 1. The summed E-state index contributed by atoms with van der Waals surface area (Å²) in [5, 5.41) is 6.86. The summed E-state index contributed by atoms with van der Waals surface area (Å²) in [5.74, 6) is 1.06. The van der Waals surface area contributed by atoms with Gasteiger partial charge in [0.1, 0.15) is 10.8 Å². The molecule has 1 heterocycles. The molecule has 0 aliphatic carbocycles. The molecule has 6 heteroatoms. The molecule has 0 atom stereocenters. The quantitative estimate of drug-likeness (QED) is 0.846. The van der Waals surface area contributed by atoms with Crippen molar-refractivity contribution in [3.8, 4) is 5.75 Å². The molecule has 0 radical (unpaired) electrons. The Balaban J connectivity index is 1.67. The largest absolute Gasteiger partial charge is 0.491 e. The molecule has 0 bridgehead atoms.